The van der Waals surface area contributed by atoms with Crippen LogP contribution in [0, 0.1) is 0 Å². The van der Waals surface area contributed by atoms with Crippen LogP contribution in [0.4, 0.5) is 0 Å². The van der Waals surface area contributed by atoms with Crippen molar-refractivity contribution in [1.29, 1.82) is 0 Å². The van der Waals surface area contributed by atoms with Crippen LogP contribution in [0.2, 0.25) is 0 Å². The zero-order valence-electron chi connectivity index (χ0n) is 10.8. The lowest BCUT2D eigenvalue weighted by molar-refractivity contribution is 0.579. The van der Waals surface area contributed by atoms with Gasteiger partial charge in [0, 0.05) is 18.9 Å². The molecule has 0 aliphatic heterocycles. The summed E-state index contributed by atoms with van der Waals surface area (Å²) >= 11 is 1.44. The Morgan fingerprint density at radius 1 is 1.30 bits per heavy atom. The summed E-state index contributed by atoms with van der Waals surface area (Å²) < 4.78 is 27.0. The summed E-state index contributed by atoms with van der Waals surface area (Å²) in [5, 5.41) is 8.18. The second-order valence-electron chi connectivity index (χ2n) is 4.81. The van der Waals surface area contributed by atoms with Crippen LogP contribution >= 0.6 is 11.3 Å². The molecular weight excluding hydrogens is 294 g/mol. The molecule has 0 amide bonds. The van der Waals surface area contributed by atoms with Crippen LogP contribution in [0.15, 0.2) is 35.8 Å². The highest BCUT2D eigenvalue weighted by molar-refractivity contribution is 7.90. The predicted octanol–water partition coefficient (Wildman–Crippen LogP) is 1.56. The maximum atomic E-state index is 12.2. The Kier molecular flexibility index (Phi) is 3.82. The first-order valence-corrected chi connectivity index (χ1v) is 8.88. The Morgan fingerprint density at radius 3 is 2.80 bits per heavy atom. The van der Waals surface area contributed by atoms with Crippen molar-refractivity contribution in [2.45, 2.75) is 24.0 Å². The van der Waals surface area contributed by atoms with Crippen molar-refractivity contribution >= 4 is 21.4 Å². The van der Waals surface area contributed by atoms with E-state index in [9.17, 15) is 8.42 Å². The molecule has 7 heteroatoms. The van der Waals surface area contributed by atoms with Gasteiger partial charge in [0.2, 0.25) is 10.0 Å². The van der Waals surface area contributed by atoms with Crippen molar-refractivity contribution in [1.82, 2.24) is 14.9 Å². The first kappa shape index (κ1) is 13.7. The molecule has 1 aliphatic rings. The molecule has 1 heterocycles. The molecule has 0 spiro atoms. The summed E-state index contributed by atoms with van der Waals surface area (Å²) in [4.78, 5) is 0. The van der Waals surface area contributed by atoms with Crippen molar-refractivity contribution < 1.29 is 8.42 Å². The Hall–Kier alpha value is -1.31. The van der Waals surface area contributed by atoms with Crippen LogP contribution in [0.25, 0.3) is 0 Å². The van der Waals surface area contributed by atoms with Gasteiger partial charge in [-0.3, -0.25) is 0 Å². The minimum absolute atomic E-state index is 0.134. The molecule has 5 nitrogen and oxygen atoms in total. The maximum absolute atomic E-state index is 12.2. The molecular formula is C13H15N3O2S2. The summed E-state index contributed by atoms with van der Waals surface area (Å²) in [5.74, 6) is 0.134. The van der Waals surface area contributed by atoms with Gasteiger partial charge in [-0.25, -0.2) is 13.1 Å². The van der Waals surface area contributed by atoms with E-state index in [4.69, 9.17) is 0 Å². The van der Waals surface area contributed by atoms with Gasteiger partial charge in [-0.15, -0.1) is 21.5 Å². The van der Waals surface area contributed by atoms with Gasteiger partial charge in [-0.2, -0.15) is 0 Å². The van der Waals surface area contributed by atoms with Crippen molar-refractivity contribution in [2.24, 2.45) is 0 Å². The molecule has 3 rings (SSSR count). The molecule has 2 atom stereocenters. The molecule has 1 aliphatic carbocycles. The first-order valence-electron chi connectivity index (χ1n) is 6.45. The van der Waals surface area contributed by atoms with Crippen LogP contribution < -0.4 is 4.72 Å². The second-order valence-corrected chi connectivity index (χ2v) is 7.72. The van der Waals surface area contributed by atoms with Crippen LogP contribution in [-0.2, 0) is 16.4 Å². The number of aromatic nitrogens is 2. The third kappa shape index (κ3) is 3.05. The van der Waals surface area contributed by atoms with Crippen LogP contribution in [0.5, 0.6) is 0 Å². The Balaban J connectivity index is 1.55. The molecule has 1 aromatic carbocycles. The van der Waals surface area contributed by atoms with Gasteiger partial charge in [0.15, 0.2) is 0 Å². The van der Waals surface area contributed by atoms with E-state index in [0.29, 0.717) is 19.4 Å². The van der Waals surface area contributed by atoms with Gasteiger partial charge in [0.25, 0.3) is 0 Å². The topological polar surface area (TPSA) is 72.0 Å². The Labute approximate surface area is 122 Å². The van der Waals surface area contributed by atoms with E-state index in [1.54, 1.807) is 5.51 Å². The van der Waals surface area contributed by atoms with Gasteiger partial charge >= 0.3 is 0 Å². The van der Waals surface area contributed by atoms with E-state index in [1.165, 1.54) is 11.3 Å². The summed E-state index contributed by atoms with van der Waals surface area (Å²) in [5.41, 5.74) is 2.75. The van der Waals surface area contributed by atoms with E-state index in [2.05, 4.69) is 14.9 Å². The fourth-order valence-electron chi connectivity index (χ4n) is 2.28. The van der Waals surface area contributed by atoms with Crippen molar-refractivity contribution in [3.05, 3.63) is 46.4 Å². The molecule has 0 saturated heterocycles. The predicted molar refractivity (Wildman–Crippen MR) is 78.1 cm³/mol. The highest BCUT2D eigenvalue weighted by atomic mass is 32.2. The van der Waals surface area contributed by atoms with Gasteiger partial charge in [0.05, 0.1) is 5.25 Å². The lowest BCUT2D eigenvalue weighted by atomic mass is 10.1. The van der Waals surface area contributed by atoms with Crippen molar-refractivity contribution in [3.8, 4) is 0 Å². The number of benzene rings is 1. The summed E-state index contributed by atoms with van der Waals surface area (Å²) in [6, 6.07) is 9.80. The molecule has 1 aromatic heterocycles. The SMILES string of the molecule is O=S(=O)(NCCc1nncs1)C1CC1c1ccccc1. The summed E-state index contributed by atoms with van der Waals surface area (Å²) in [6.45, 7) is 0.384. The number of hydrogen-bond donors (Lipinski definition) is 1. The number of rotatable bonds is 6. The fraction of sp³-hybridized carbons (Fsp3) is 0.385. The number of nitrogens with one attached hydrogen (secondary N) is 1. The standard InChI is InChI=1S/C13H15N3O2S2/c17-20(18,15-7-6-13-16-14-9-19-13)12-8-11(12)10-4-2-1-3-5-10/h1-5,9,11-12,15H,6-8H2. The fourth-order valence-corrected chi connectivity index (χ4v) is 4.46. The Morgan fingerprint density at radius 2 is 2.10 bits per heavy atom. The lowest BCUT2D eigenvalue weighted by Gasteiger charge is -2.05. The highest BCUT2D eigenvalue weighted by Crippen LogP contribution is 2.45. The van der Waals surface area contributed by atoms with E-state index >= 15 is 0 Å². The quantitative estimate of drug-likeness (QED) is 0.879. The van der Waals surface area contributed by atoms with Crippen LogP contribution in [0.3, 0.4) is 0 Å². The largest absolute Gasteiger partial charge is 0.215 e. The minimum Gasteiger partial charge on any atom is -0.215 e. The zero-order chi connectivity index (χ0) is 14.0. The normalized spacial score (nSPS) is 21.8. The smallest absolute Gasteiger partial charge is 0.215 e. The van der Waals surface area contributed by atoms with Gasteiger partial charge in [-0.05, 0) is 12.0 Å². The minimum atomic E-state index is -3.23. The number of sulfonamides is 1. The first-order chi connectivity index (χ1) is 9.67. The monoisotopic (exact) mass is 309 g/mol. The maximum Gasteiger partial charge on any atom is 0.215 e. The summed E-state index contributed by atoms with van der Waals surface area (Å²) in [7, 11) is -3.23. The van der Waals surface area contributed by atoms with Gasteiger partial charge in [0.1, 0.15) is 10.5 Å². The van der Waals surface area contributed by atoms with E-state index in [0.717, 1.165) is 10.6 Å². The summed E-state index contributed by atoms with van der Waals surface area (Å²) in [6.07, 6.45) is 1.30. The molecule has 1 saturated carbocycles. The molecule has 2 aromatic rings. The van der Waals surface area contributed by atoms with E-state index < -0.39 is 10.0 Å². The molecule has 2 unspecified atom stereocenters. The molecule has 1 N–H and O–H groups in total. The number of hydrogen-bond acceptors (Lipinski definition) is 5. The average Bonchev–Trinajstić information content (AvgIpc) is 3.12. The van der Waals surface area contributed by atoms with Gasteiger partial charge in [-0.1, -0.05) is 30.3 Å². The van der Waals surface area contributed by atoms with Gasteiger partial charge < -0.3 is 0 Å². The van der Waals surface area contributed by atoms with Crippen molar-refractivity contribution in [3.63, 3.8) is 0 Å². The molecule has 0 bridgehead atoms. The third-order valence-corrected chi connectivity index (χ3v) is 6.09. The van der Waals surface area contributed by atoms with Crippen LogP contribution in [-0.4, -0.2) is 30.4 Å². The third-order valence-electron chi connectivity index (χ3n) is 3.41. The number of nitrogens with zero attached hydrogens (tertiary/aromatic N) is 2. The average molecular weight is 309 g/mol. The van der Waals surface area contributed by atoms with Crippen LogP contribution in [0.1, 0.15) is 22.9 Å². The molecule has 20 heavy (non-hydrogen) atoms. The lowest BCUT2D eigenvalue weighted by Crippen LogP contribution is -2.29. The van der Waals surface area contributed by atoms with E-state index in [1.807, 2.05) is 30.3 Å². The molecule has 1 fully saturated rings. The Bertz CT molecular complexity index is 656. The van der Waals surface area contributed by atoms with E-state index in [-0.39, 0.29) is 11.2 Å². The van der Waals surface area contributed by atoms with Crippen molar-refractivity contribution in [2.75, 3.05) is 6.54 Å². The second kappa shape index (κ2) is 5.59. The molecule has 0 radical (unpaired) electrons. The zero-order valence-corrected chi connectivity index (χ0v) is 12.4. The molecule has 106 valence electrons. The highest BCUT2D eigenvalue weighted by Gasteiger charge is 2.47.